The van der Waals surface area contributed by atoms with Crippen LogP contribution in [0.5, 0.6) is 0 Å². The summed E-state index contributed by atoms with van der Waals surface area (Å²) in [5, 5.41) is 0.232. The molecule has 3 rings (SSSR count). The standard InChI is InChI=1S/C14H9ClF2N2S/c1-2-8-3-4-11(20-8)14-18-12-9(13(15)19-14)5-7(16)6-10(12)17/h3-6H,2H2,1H3. The molecule has 0 amide bonds. The van der Waals surface area contributed by atoms with E-state index in [1.165, 1.54) is 16.2 Å². The molecule has 6 heteroatoms. The van der Waals surface area contributed by atoms with Gasteiger partial charge in [0.2, 0.25) is 0 Å². The Labute approximate surface area is 123 Å². The molecule has 0 bridgehead atoms. The Morgan fingerprint density at radius 2 is 2.00 bits per heavy atom. The van der Waals surface area contributed by atoms with Crippen LogP contribution in [0.2, 0.25) is 5.15 Å². The van der Waals surface area contributed by atoms with E-state index >= 15 is 0 Å². The molecule has 1 aromatic carbocycles. The van der Waals surface area contributed by atoms with Gasteiger partial charge in [0.15, 0.2) is 11.6 Å². The fraction of sp³-hybridized carbons (Fsp3) is 0.143. The van der Waals surface area contributed by atoms with Gasteiger partial charge < -0.3 is 0 Å². The molecule has 2 nitrogen and oxygen atoms in total. The summed E-state index contributed by atoms with van der Waals surface area (Å²) in [5.74, 6) is -1.08. The van der Waals surface area contributed by atoms with Crippen molar-refractivity contribution in [2.75, 3.05) is 0 Å². The number of hydrogen-bond donors (Lipinski definition) is 0. The molecule has 3 aromatic rings. The number of halogens is 3. The van der Waals surface area contributed by atoms with E-state index < -0.39 is 11.6 Å². The van der Waals surface area contributed by atoms with Gasteiger partial charge >= 0.3 is 0 Å². The van der Waals surface area contributed by atoms with Crippen molar-refractivity contribution in [1.29, 1.82) is 0 Å². The Balaban J connectivity index is 2.23. The molecule has 0 saturated heterocycles. The largest absolute Gasteiger partial charge is 0.224 e. The van der Waals surface area contributed by atoms with E-state index in [1.54, 1.807) is 0 Å². The smallest absolute Gasteiger partial charge is 0.171 e. The van der Waals surface area contributed by atoms with Gasteiger partial charge in [-0.1, -0.05) is 18.5 Å². The summed E-state index contributed by atoms with van der Waals surface area (Å²) in [6.07, 6.45) is 0.908. The van der Waals surface area contributed by atoms with Crippen molar-refractivity contribution < 1.29 is 8.78 Å². The predicted molar refractivity (Wildman–Crippen MR) is 77.2 cm³/mol. The van der Waals surface area contributed by atoms with Gasteiger partial charge in [0.25, 0.3) is 0 Å². The topological polar surface area (TPSA) is 25.8 Å². The maximum atomic E-state index is 13.8. The molecule has 2 aromatic heterocycles. The van der Waals surface area contributed by atoms with Gasteiger partial charge in [0.1, 0.15) is 16.5 Å². The highest BCUT2D eigenvalue weighted by Crippen LogP contribution is 2.30. The summed E-state index contributed by atoms with van der Waals surface area (Å²) in [4.78, 5) is 10.3. The average Bonchev–Trinajstić information content (AvgIpc) is 2.88. The van der Waals surface area contributed by atoms with Crippen molar-refractivity contribution in [3.8, 4) is 10.7 Å². The highest BCUT2D eigenvalue weighted by atomic mass is 35.5. The van der Waals surface area contributed by atoms with Crippen LogP contribution >= 0.6 is 22.9 Å². The highest BCUT2D eigenvalue weighted by Gasteiger charge is 2.14. The van der Waals surface area contributed by atoms with Crippen LogP contribution in [0.15, 0.2) is 24.3 Å². The number of hydrogen-bond acceptors (Lipinski definition) is 3. The molecule has 0 saturated carbocycles. The van der Waals surface area contributed by atoms with Crippen LogP contribution in [0.4, 0.5) is 8.78 Å². The van der Waals surface area contributed by atoms with Gasteiger partial charge in [-0.3, -0.25) is 0 Å². The molecule has 0 atom stereocenters. The first-order valence-electron chi connectivity index (χ1n) is 6.00. The number of nitrogens with zero attached hydrogens (tertiary/aromatic N) is 2. The van der Waals surface area contributed by atoms with Crippen molar-refractivity contribution >= 4 is 33.8 Å². The van der Waals surface area contributed by atoms with Crippen LogP contribution in [0.25, 0.3) is 21.6 Å². The molecule has 0 spiro atoms. The van der Waals surface area contributed by atoms with Crippen LogP contribution in [-0.4, -0.2) is 9.97 Å². The van der Waals surface area contributed by atoms with Crippen LogP contribution in [0.3, 0.4) is 0 Å². The van der Waals surface area contributed by atoms with Crippen molar-refractivity contribution in [2.45, 2.75) is 13.3 Å². The summed E-state index contributed by atoms with van der Waals surface area (Å²) < 4.78 is 27.0. The van der Waals surface area contributed by atoms with Gasteiger partial charge in [-0.2, -0.15) is 0 Å². The second-order valence-electron chi connectivity index (χ2n) is 4.24. The molecule has 0 fully saturated rings. The quantitative estimate of drug-likeness (QED) is 0.632. The maximum absolute atomic E-state index is 13.8. The van der Waals surface area contributed by atoms with E-state index in [1.807, 2.05) is 19.1 Å². The zero-order valence-electron chi connectivity index (χ0n) is 10.5. The van der Waals surface area contributed by atoms with Crippen molar-refractivity contribution in [3.63, 3.8) is 0 Å². The second-order valence-corrected chi connectivity index (χ2v) is 5.77. The third kappa shape index (κ3) is 2.27. The van der Waals surface area contributed by atoms with Gasteiger partial charge in [-0.05, 0) is 24.6 Å². The molecule has 0 aliphatic carbocycles. The van der Waals surface area contributed by atoms with E-state index in [2.05, 4.69) is 9.97 Å². The first-order valence-corrected chi connectivity index (χ1v) is 7.19. The number of aryl methyl sites for hydroxylation is 1. The van der Waals surface area contributed by atoms with Gasteiger partial charge in [-0.25, -0.2) is 18.7 Å². The lowest BCUT2D eigenvalue weighted by atomic mass is 10.2. The zero-order chi connectivity index (χ0) is 14.3. The molecular weight excluding hydrogens is 302 g/mol. The van der Waals surface area contributed by atoms with Crippen LogP contribution in [0, 0.1) is 11.6 Å². The molecule has 0 aliphatic rings. The molecular formula is C14H9ClF2N2S. The summed E-state index contributed by atoms with van der Waals surface area (Å²) in [5.41, 5.74) is 0.0350. The Morgan fingerprint density at radius 1 is 1.20 bits per heavy atom. The van der Waals surface area contributed by atoms with E-state index in [-0.39, 0.29) is 16.1 Å². The Kier molecular flexibility index (Phi) is 3.40. The lowest BCUT2D eigenvalue weighted by molar-refractivity contribution is 0.590. The summed E-state index contributed by atoms with van der Waals surface area (Å²) in [6.45, 7) is 2.05. The van der Waals surface area contributed by atoms with E-state index in [9.17, 15) is 8.78 Å². The van der Waals surface area contributed by atoms with Gasteiger partial charge in [0, 0.05) is 16.3 Å². The maximum Gasteiger partial charge on any atom is 0.171 e. The normalized spacial score (nSPS) is 11.2. The van der Waals surface area contributed by atoms with Crippen LogP contribution in [-0.2, 0) is 6.42 Å². The Bertz CT molecular complexity index is 801. The Morgan fingerprint density at radius 3 is 2.70 bits per heavy atom. The van der Waals surface area contributed by atoms with E-state index in [4.69, 9.17) is 11.6 Å². The predicted octanol–water partition coefficient (Wildman–Crippen LogP) is 4.85. The minimum absolute atomic E-state index is 0.0350. The van der Waals surface area contributed by atoms with Crippen molar-refractivity contribution in [1.82, 2.24) is 9.97 Å². The highest BCUT2D eigenvalue weighted by molar-refractivity contribution is 7.15. The molecule has 0 radical (unpaired) electrons. The van der Waals surface area contributed by atoms with Crippen LogP contribution in [0.1, 0.15) is 11.8 Å². The monoisotopic (exact) mass is 310 g/mol. The van der Waals surface area contributed by atoms with Gasteiger partial charge in [-0.15, -0.1) is 11.3 Å². The number of rotatable bonds is 2. The summed E-state index contributed by atoms with van der Waals surface area (Å²) in [7, 11) is 0. The third-order valence-corrected chi connectivity index (χ3v) is 4.42. The Hall–Kier alpha value is -1.59. The molecule has 102 valence electrons. The summed E-state index contributed by atoms with van der Waals surface area (Å²) >= 11 is 7.55. The zero-order valence-corrected chi connectivity index (χ0v) is 12.0. The molecule has 0 N–H and O–H groups in total. The number of fused-ring (bicyclic) bond motifs is 1. The van der Waals surface area contributed by atoms with Crippen LogP contribution < -0.4 is 0 Å². The summed E-state index contributed by atoms with van der Waals surface area (Å²) in [6, 6.07) is 5.78. The minimum atomic E-state index is -0.738. The first-order chi connectivity index (χ1) is 9.58. The lowest BCUT2D eigenvalue weighted by Crippen LogP contribution is -1.94. The molecule has 0 aliphatic heterocycles. The average molecular weight is 311 g/mol. The van der Waals surface area contributed by atoms with Crippen molar-refractivity contribution in [3.05, 3.63) is 45.9 Å². The number of thiophene rings is 1. The number of benzene rings is 1. The second kappa shape index (κ2) is 5.07. The van der Waals surface area contributed by atoms with Gasteiger partial charge in [0.05, 0.1) is 4.88 Å². The van der Waals surface area contributed by atoms with Crippen molar-refractivity contribution in [2.24, 2.45) is 0 Å². The SMILES string of the molecule is CCc1ccc(-c2nc(Cl)c3cc(F)cc(F)c3n2)s1. The molecule has 2 heterocycles. The fourth-order valence-electron chi connectivity index (χ4n) is 1.92. The molecule has 20 heavy (non-hydrogen) atoms. The first kappa shape index (κ1) is 13.4. The molecule has 0 unspecified atom stereocenters. The fourth-order valence-corrected chi connectivity index (χ4v) is 3.02. The van der Waals surface area contributed by atoms with E-state index in [0.717, 1.165) is 23.4 Å². The minimum Gasteiger partial charge on any atom is -0.224 e. The lowest BCUT2D eigenvalue weighted by Gasteiger charge is -2.04. The van der Waals surface area contributed by atoms with E-state index in [0.29, 0.717) is 5.82 Å². The third-order valence-electron chi connectivity index (χ3n) is 2.90. The number of aromatic nitrogens is 2.